The van der Waals surface area contributed by atoms with Crippen molar-refractivity contribution in [1.29, 1.82) is 0 Å². The van der Waals surface area contributed by atoms with Crippen molar-refractivity contribution >= 4 is 0 Å². The number of fused-ring (bicyclic) bond motifs is 1. The van der Waals surface area contributed by atoms with Gasteiger partial charge in [0.25, 0.3) is 0 Å². The molecule has 1 aromatic rings. The van der Waals surface area contributed by atoms with Crippen LogP contribution in [0.25, 0.3) is 0 Å². The van der Waals surface area contributed by atoms with E-state index in [9.17, 15) is 4.39 Å². The van der Waals surface area contributed by atoms with Crippen LogP contribution in [-0.2, 0) is 6.42 Å². The summed E-state index contributed by atoms with van der Waals surface area (Å²) in [7, 11) is 0. The molecule has 78 valence electrons. The van der Waals surface area contributed by atoms with Gasteiger partial charge in [0.05, 0.1) is 6.61 Å². The van der Waals surface area contributed by atoms with E-state index in [4.69, 9.17) is 4.74 Å². The maximum absolute atomic E-state index is 12.6. The van der Waals surface area contributed by atoms with Gasteiger partial charge >= 0.3 is 0 Å². The normalized spacial score (nSPS) is 13.4. The molecule has 0 atom stereocenters. The molecule has 0 N–H and O–H groups in total. The van der Waals surface area contributed by atoms with E-state index in [0.717, 1.165) is 30.8 Å². The molecule has 2 heteroatoms. The van der Waals surface area contributed by atoms with Gasteiger partial charge < -0.3 is 4.74 Å². The average Bonchev–Trinajstić information content (AvgIpc) is 2.19. The van der Waals surface area contributed by atoms with E-state index in [1.165, 1.54) is 12.5 Å². The lowest BCUT2D eigenvalue weighted by Gasteiger charge is -2.16. The van der Waals surface area contributed by atoms with Crippen LogP contribution in [0, 0.1) is 5.82 Å². The molecule has 0 amide bonds. The SMILES string of the molecule is CCC.Fc1ccc2c(c1)CCCO2. The third kappa shape index (κ3) is 3.02. The molecule has 1 heterocycles. The maximum Gasteiger partial charge on any atom is 0.123 e. The number of benzene rings is 1. The minimum Gasteiger partial charge on any atom is -0.493 e. The molecule has 1 nitrogen and oxygen atoms in total. The molecule has 1 aliphatic rings. The Morgan fingerprint density at radius 2 is 2.07 bits per heavy atom. The van der Waals surface area contributed by atoms with Gasteiger partial charge in [-0.3, -0.25) is 0 Å². The molecular weight excluding hydrogens is 179 g/mol. The van der Waals surface area contributed by atoms with E-state index >= 15 is 0 Å². The summed E-state index contributed by atoms with van der Waals surface area (Å²) in [6, 6.07) is 4.68. The summed E-state index contributed by atoms with van der Waals surface area (Å²) in [5, 5.41) is 0. The lowest BCUT2D eigenvalue weighted by Crippen LogP contribution is -2.08. The average molecular weight is 196 g/mol. The smallest absolute Gasteiger partial charge is 0.123 e. The number of hydrogen-bond acceptors (Lipinski definition) is 1. The second kappa shape index (κ2) is 5.63. The van der Waals surface area contributed by atoms with Gasteiger partial charge in [0.15, 0.2) is 0 Å². The Bertz CT molecular complexity index is 284. The predicted octanol–water partition coefficient (Wildman–Crippen LogP) is 3.57. The van der Waals surface area contributed by atoms with Gasteiger partial charge in [-0.15, -0.1) is 0 Å². The molecule has 14 heavy (non-hydrogen) atoms. The Balaban J connectivity index is 0.000000293. The van der Waals surface area contributed by atoms with E-state index in [0.29, 0.717) is 0 Å². The van der Waals surface area contributed by atoms with Gasteiger partial charge in [-0.2, -0.15) is 0 Å². The molecule has 0 unspecified atom stereocenters. The van der Waals surface area contributed by atoms with Gasteiger partial charge in [0, 0.05) is 0 Å². The number of hydrogen-bond donors (Lipinski definition) is 0. The van der Waals surface area contributed by atoms with E-state index in [1.807, 2.05) is 0 Å². The number of ether oxygens (including phenoxy) is 1. The van der Waals surface area contributed by atoms with Crippen molar-refractivity contribution < 1.29 is 9.13 Å². The van der Waals surface area contributed by atoms with Gasteiger partial charge in [0.1, 0.15) is 11.6 Å². The monoisotopic (exact) mass is 196 g/mol. The van der Waals surface area contributed by atoms with Gasteiger partial charge in [0.2, 0.25) is 0 Å². The second-order valence-corrected chi connectivity index (χ2v) is 3.41. The van der Waals surface area contributed by atoms with E-state index < -0.39 is 0 Å². The first-order valence-electron chi connectivity index (χ1n) is 5.19. The maximum atomic E-state index is 12.6. The lowest BCUT2D eigenvalue weighted by atomic mass is 10.1. The topological polar surface area (TPSA) is 9.23 Å². The minimum absolute atomic E-state index is 0.172. The van der Waals surface area contributed by atoms with Crippen molar-refractivity contribution in [3.8, 4) is 5.75 Å². The quantitative estimate of drug-likeness (QED) is 0.616. The van der Waals surface area contributed by atoms with Crippen LogP contribution in [0.15, 0.2) is 18.2 Å². The van der Waals surface area contributed by atoms with Crippen LogP contribution in [0.3, 0.4) is 0 Å². The van der Waals surface area contributed by atoms with Gasteiger partial charge in [-0.1, -0.05) is 20.3 Å². The summed E-state index contributed by atoms with van der Waals surface area (Å²) in [5.74, 6) is 0.673. The molecule has 1 aromatic carbocycles. The van der Waals surface area contributed by atoms with Crippen LogP contribution in [0.5, 0.6) is 5.75 Å². The fraction of sp³-hybridized carbons (Fsp3) is 0.500. The van der Waals surface area contributed by atoms with Crippen LogP contribution >= 0.6 is 0 Å². The van der Waals surface area contributed by atoms with Crippen molar-refractivity contribution in [2.24, 2.45) is 0 Å². The zero-order valence-electron chi connectivity index (χ0n) is 8.85. The molecule has 1 aliphatic heterocycles. The summed E-state index contributed by atoms with van der Waals surface area (Å²) in [6.45, 7) is 5.01. The predicted molar refractivity (Wildman–Crippen MR) is 56.2 cm³/mol. The zero-order valence-corrected chi connectivity index (χ0v) is 8.85. The Morgan fingerprint density at radius 3 is 2.79 bits per heavy atom. The summed E-state index contributed by atoms with van der Waals surface area (Å²) in [4.78, 5) is 0. The highest BCUT2D eigenvalue weighted by Crippen LogP contribution is 2.24. The fourth-order valence-corrected chi connectivity index (χ4v) is 1.33. The highest BCUT2D eigenvalue weighted by molar-refractivity contribution is 5.35. The molecule has 0 fully saturated rings. The Labute approximate surface area is 84.9 Å². The first-order valence-corrected chi connectivity index (χ1v) is 5.19. The standard InChI is InChI=1S/C9H9FO.C3H8/c10-8-3-4-9-7(6-8)2-1-5-11-9;1-3-2/h3-4,6H,1-2,5H2;3H2,1-2H3. The van der Waals surface area contributed by atoms with Crippen LogP contribution in [0.1, 0.15) is 32.3 Å². The van der Waals surface area contributed by atoms with Crippen LogP contribution in [0.2, 0.25) is 0 Å². The molecule has 0 saturated carbocycles. The zero-order chi connectivity index (χ0) is 10.4. The van der Waals surface area contributed by atoms with E-state index in [1.54, 1.807) is 12.1 Å². The van der Waals surface area contributed by atoms with Gasteiger partial charge in [-0.05, 0) is 36.6 Å². The van der Waals surface area contributed by atoms with Crippen LogP contribution in [0.4, 0.5) is 4.39 Å². The number of aryl methyl sites for hydroxylation is 1. The number of halogens is 1. The minimum atomic E-state index is -0.172. The van der Waals surface area contributed by atoms with E-state index in [2.05, 4.69) is 13.8 Å². The molecule has 0 bridgehead atoms. The largest absolute Gasteiger partial charge is 0.493 e. The lowest BCUT2D eigenvalue weighted by molar-refractivity contribution is 0.287. The first kappa shape index (κ1) is 11.0. The molecule has 0 spiro atoms. The van der Waals surface area contributed by atoms with Crippen molar-refractivity contribution in [2.75, 3.05) is 6.61 Å². The van der Waals surface area contributed by atoms with Crippen molar-refractivity contribution in [3.63, 3.8) is 0 Å². The van der Waals surface area contributed by atoms with Gasteiger partial charge in [-0.25, -0.2) is 4.39 Å². The number of rotatable bonds is 0. The van der Waals surface area contributed by atoms with Crippen molar-refractivity contribution in [3.05, 3.63) is 29.6 Å². The summed E-state index contributed by atoms with van der Waals surface area (Å²) < 4.78 is 18.0. The molecule has 0 aliphatic carbocycles. The molecule has 0 radical (unpaired) electrons. The Kier molecular flexibility index (Phi) is 4.44. The summed E-state index contributed by atoms with van der Waals surface area (Å²) >= 11 is 0. The summed E-state index contributed by atoms with van der Waals surface area (Å²) in [5.41, 5.74) is 0.997. The fourth-order valence-electron chi connectivity index (χ4n) is 1.33. The van der Waals surface area contributed by atoms with E-state index in [-0.39, 0.29) is 5.82 Å². The second-order valence-electron chi connectivity index (χ2n) is 3.41. The van der Waals surface area contributed by atoms with Crippen LogP contribution in [-0.4, -0.2) is 6.61 Å². The Hall–Kier alpha value is -1.05. The molecule has 2 rings (SSSR count). The first-order chi connectivity index (χ1) is 6.77. The Morgan fingerprint density at radius 1 is 1.36 bits per heavy atom. The highest BCUT2D eigenvalue weighted by atomic mass is 19.1. The highest BCUT2D eigenvalue weighted by Gasteiger charge is 2.09. The summed E-state index contributed by atoms with van der Waals surface area (Å²) in [6.07, 6.45) is 3.18. The van der Waals surface area contributed by atoms with Crippen molar-refractivity contribution in [2.45, 2.75) is 33.1 Å². The molecule has 0 aromatic heterocycles. The third-order valence-electron chi connectivity index (χ3n) is 1.87. The molecule has 0 saturated heterocycles. The van der Waals surface area contributed by atoms with Crippen molar-refractivity contribution in [1.82, 2.24) is 0 Å². The van der Waals surface area contributed by atoms with Crippen LogP contribution < -0.4 is 4.74 Å². The third-order valence-corrected chi connectivity index (χ3v) is 1.87. The molecular formula is C12H17FO.